The Morgan fingerprint density at radius 2 is 2.22 bits per heavy atom. The Labute approximate surface area is 142 Å². The lowest BCUT2D eigenvalue weighted by atomic mass is 9.91. The highest BCUT2D eigenvalue weighted by Gasteiger charge is 2.28. The van der Waals surface area contributed by atoms with Crippen molar-refractivity contribution in [3.8, 4) is 5.75 Å². The average Bonchev–Trinajstić information content (AvgIpc) is 2.58. The largest absolute Gasteiger partial charge is 0.493 e. The third-order valence-electron chi connectivity index (χ3n) is 4.14. The number of hydrogen-bond donors (Lipinski definition) is 1. The molecule has 0 saturated carbocycles. The number of nitrogens with zero attached hydrogens (tertiary/aromatic N) is 1. The summed E-state index contributed by atoms with van der Waals surface area (Å²) in [5, 5.41) is 0.650. The minimum absolute atomic E-state index is 0.000319. The minimum Gasteiger partial charge on any atom is -0.493 e. The van der Waals surface area contributed by atoms with Gasteiger partial charge < -0.3 is 20.1 Å². The predicted molar refractivity (Wildman–Crippen MR) is 90.7 cm³/mol. The fourth-order valence-electron chi connectivity index (χ4n) is 2.69. The van der Waals surface area contributed by atoms with E-state index in [9.17, 15) is 4.79 Å². The third kappa shape index (κ3) is 5.68. The maximum atomic E-state index is 12.4. The summed E-state index contributed by atoms with van der Waals surface area (Å²) in [5.41, 5.74) is 6.11. The molecule has 0 radical (unpaired) electrons. The quantitative estimate of drug-likeness (QED) is 0.774. The molecule has 1 amide bonds. The first-order chi connectivity index (χ1) is 11.1. The van der Waals surface area contributed by atoms with Crippen molar-refractivity contribution in [2.45, 2.75) is 25.3 Å². The van der Waals surface area contributed by atoms with Gasteiger partial charge in [0.15, 0.2) is 0 Å². The standard InChI is InChI=1S/C17H25ClN2O3/c1-20(17(21)16(19)13-6-10-22-11-7-13)8-3-9-23-15-5-2-4-14(18)12-15/h2,4-5,12-13,16H,3,6-11,19H2,1H3. The third-order valence-corrected chi connectivity index (χ3v) is 4.37. The van der Waals surface area contributed by atoms with Crippen LogP contribution in [-0.4, -0.2) is 50.3 Å². The molecule has 1 aliphatic heterocycles. The molecule has 1 aromatic carbocycles. The van der Waals surface area contributed by atoms with E-state index in [1.54, 1.807) is 24.1 Å². The van der Waals surface area contributed by atoms with Crippen molar-refractivity contribution in [3.05, 3.63) is 29.3 Å². The summed E-state index contributed by atoms with van der Waals surface area (Å²) in [7, 11) is 1.79. The van der Waals surface area contributed by atoms with E-state index in [2.05, 4.69) is 0 Å². The minimum atomic E-state index is -0.433. The number of rotatable bonds is 7. The number of likely N-dealkylation sites (N-methyl/N-ethyl adjacent to an activating group) is 1. The molecule has 6 heteroatoms. The molecule has 23 heavy (non-hydrogen) atoms. The normalized spacial score (nSPS) is 16.8. The summed E-state index contributed by atoms with van der Waals surface area (Å²) >= 11 is 5.90. The lowest BCUT2D eigenvalue weighted by Gasteiger charge is -2.29. The molecule has 1 unspecified atom stereocenters. The van der Waals surface area contributed by atoms with Gasteiger partial charge in [-0.2, -0.15) is 0 Å². The number of nitrogens with two attached hydrogens (primary N) is 1. The van der Waals surface area contributed by atoms with E-state index < -0.39 is 6.04 Å². The average molecular weight is 341 g/mol. The maximum Gasteiger partial charge on any atom is 0.239 e. The van der Waals surface area contributed by atoms with Crippen LogP contribution in [0.3, 0.4) is 0 Å². The van der Waals surface area contributed by atoms with Gasteiger partial charge in [-0.1, -0.05) is 17.7 Å². The zero-order valence-corrected chi connectivity index (χ0v) is 14.3. The fraction of sp³-hybridized carbons (Fsp3) is 0.588. The Morgan fingerprint density at radius 3 is 2.91 bits per heavy atom. The van der Waals surface area contributed by atoms with Gasteiger partial charge in [0.25, 0.3) is 0 Å². The Bertz CT molecular complexity index is 506. The second-order valence-electron chi connectivity index (χ2n) is 5.89. The Balaban J connectivity index is 1.69. The molecular formula is C17H25ClN2O3. The van der Waals surface area contributed by atoms with E-state index in [0.29, 0.717) is 31.4 Å². The summed E-state index contributed by atoms with van der Waals surface area (Å²) in [5.74, 6) is 0.964. The van der Waals surface area contributed by atoms with E-state index in [1.807, 2.05) is 12.1 Å². The molecule has 1 aliphatic rings. The van der Waals surface area contributed by atoms with Crippen LogP contribution >= 0.6 is 11.6 Å². The molecule has 0 spiro atoms. The lowest BCUT2D eigenvalue weighted by molar-refractivity contribution is -0.133. The van der Waals surface area contributed by atoms with Gasteiger partial charge in [0.05, 0.1) is 12.6 Å². The van der Waals surface area contributed by atoms with Crippen molar-refractivity contribution in [2.75, 3.05) is 33.4 Å². The van der Waals surface area contributed by atoms with Gasteiger partial charge in [0.2, 0.25) is 5.91 Å². The van der Waals surface area contributed by atoms with Crippen molar-refractivity contribution in [3.63, 3.8) is 0 Å². The zero-order chi connectivity index (χ0) is 16.7. The van der Waals surface area contributed by atoms with Crippen LogP contribution in [0.5, 0.6) is 5.75 Å². The van der Waals surface area contributed by atoms with Crippen LogP contribution in [0.15, 0.2) is 24.3 Å². The van der Waals surface area contributed by atoms with Gasteiger partial charge in [-0.25, -0.2) is 0 Å². The molecule has 1 aromatic rings. The number of amides is 1. The second-order valence-corrected chi connectivity index (χ2v) is 6.33. The molecule has 1 heterocycles. The van der Waals surface area contributed by atoms with Crippen LogP contribution < -0.4 is 10.5 Å². The fourth-order valence-corrected chi connectivity index (χ4v) is 2.87. The number of ether oxygens (including phenoxy) is 2. The molecule has 2 rings (SSSR count). The second kappa shape index (κ2) is 9.11. The van der Waals surface area contributed by atoms with Gasteiger partial charge in [0, 0.05) is 31.8 Å². The highest BCUT2D eigenvalue weighted by Crippen LogP contribution is 2.19. The summed E-state index contributed by atoms with van der Waals surface area (Å²) in [6.07, 6.45) is 2.46. The summed E-state index contributed by atoms with van der Waals surface area (Å²) in [4.78, 5) is 14.0. The van der Waals surface area contributed by atoms with Crippen molar-refractivity contribution >= 4 is 17.5 Å². The first-order valence-corrected chi connectivity index (χ1v) is 8.42. The predicted octanol–water partition coefficient (Wildman–Crippen LogP) is 2.32. The number of benzene rings is 1. The van der Waals surface area contributed by atoms with E-state index in [0.717, 1.165) is 25.0 Å². The molecular weight excluding hydrogens is 316 g/mol. The molecule has 1 saturated heterocycles. The van der Waals surface area contributed by atoms with E-state index >= 15 is 0 Å². The summed E-state index contributed by atoms with van der Waals surface area (Å²) in [6.45, 7) is 2.55. The van der Waals surface area contributed by atoms with E-state index in [1.165, 1.54) is 0 Å². The van der Waals surface area contributed by atoms with Gasteiger partial charge in [-0.3, -0.25) is 4.79 Å². The summed E-state index contributed by atoms with van der Waals surface area (Å²) < 4.78 is 10.9. The van der Waals surface area contributed by atoms with Gasteiger partial charge in [-0.05, 0) is 43.4 Å². The monoisotopic (exact) mass is 340 g/mol. The molecule has 128 valence electrons. The Kier molecular flexibility index (Phi) is 7.15. The van der Waals surface area contributed by atoms with Gasteiger partial charge >= 0.3 is 0 Å². The van der Waals surface area contributed by atoms with Crippen LogP contribution in [0.4, 0.5) is 0 Å². The van der Waals surface area contributed by atoms with Crippen LogP contribution in [-0.2, 0) is 9.53 Å². The van der Waals surface area contributed by atoms with E-state index in [-0.39, 0.29) is 11.8 Å². The van der Waals surface area contributed by atoms with Crippen LogP contribution in [0.2, 0.25) is 5.02 Å². The van der Waals surface area contributed by atoms with Crippen molar-refractivity contribution in [1.82, 2.24) is 4.90 Å². The van der Waals surface area contributed by atoms with E-state index in [4.69, 9.17) is 26.8 Å². The lowest BCUT2D eigenvalue weighted by Crippen LogP contribution is -2.48. The molecule has 1 atom stereocenters. The first kappa shape index (κ1) is 18.0. The van der Waals surface area contributed by atoms with Crippen LogP contribution in [0, 0.1) is 5.92 Å². The summed E-state index contributed by atoms with van der Waals surface area (Å²) in [6, 6.07) is 6.86. The first-order valence-electron chi connectivity index (χ1n) is 8.04. The number of carbonyl (C=O) groups excluding carboxylic acids is 1. The van der Waals surface area contributed by atoms with Crippen molar-refractivity contribution in [2.24, 2.45) is 11.7 Å². The Hall–Kier alpha value is -1.30. The maximum absolute atomic E-state index is 12.4. The van der Waals surface area contributed by atoms with Crippen LogP contribution in [0.1, 0.15) is 19.3 Å². The highest BCUT2D eigenvalue weighted by molar-refractivity contribution is 6.30. The zero-order valence-electron chi connectivity index (χ0n) is 13.5. The van der Waals surface area contributed by atoms with Crippen molar-refractivity contribution < 1.29 is 14.3 Å². The van der Waals surface area contributed by atoms with Gasteiger partial charge in [-0.15, -0.1) is 0 Å². The van der Waals surface area contributed by atoms with Crippen LogP contribution in [0.25, 0.3) is 0 Å². The number of carbonyl (C=O) groups is 1. The molecule has 0 aromatic heterocycles. The number of halogens is 1. The smallest absolute Gasteiger partial charge is 0.239 e. The van der Waals surface area contributed by atoms with Crippen molar-refractivity contribution in [1.29, 1.82) is 0 Å². The molecule has 5 nitrogen and oxygen atoms in total. The molecule has 0 bridgehead atoms. The molecule has 0 aliphatic carbocycles. The molecule has 2 N–H and O–H groups in total. The van der Waals surface area contributed by atoms with Gasteiger partial charge in [0.1, 0.15) is 5.75 Å². The SMILES string of the molecule is CN(CCCOc1cccc(Cl)c1)C(=O)C(N)C1CCOCC1. The Morgan fingerprint density at radius 1 is 1.48 bits per heavy atom. The highest BCUT2D eigenvalue weighted by atomic mass is 35.5. The number of hydrogen-bond acceptors (Lipinski definition) is 4. The topological polar surface area (TPSA) is 64.8 Å². The molecule has 1 fully saturated rings.